The molecule has 0 aromatic heterocycles. The first-order valence-corrected chi connectivity index (χ1v) is 7.95. The Morgan fingerprint density at radius 1 is 1.19 bits per heavy atom. The number of hydrogen-bond donors (Lipinski definition) is 1. The van der Waals surface area contributed by atoms with Crippen molar-refractivity contribution in [1.29, 1.82) is 0 Å². The van der Waals surface area contributed by atoms with Crippen LogP contribution in [0.15, 0.2) is 30.3 Å². The van der Waals surface area contributed by atoms with Gasteiger partial charge in [-0.25, -0.2) is 0 Å². The second-order valence-electron chi connectivity index (χ2n) is 6.01. The van der Waals surface area contributed by atoms with E-state index in [2.05, 4.69) is 22.3 Å². The number of rotatable bonds is 5. The van der Waals surface area contributed by atoms with E-state index in [-0.39, 0.29) is 11.3 Å². The molecule has 1 saturated carbocycles. The molecule has 0 bridgehead atoms. The first kappa shape index (κ1) is 14.5. The van der Waals surface area contributed by atoms with E-state index in [1.165, 1.54) is 5.56 Å². The molecule has 4 nitrogen and oxygen atoms in total. The molecule has 2 fully saturated rings. The van der Waals surface area contributed by atoms with Gasteiger partial charge in [-0.1, -0.05) is 36.8 Å². The first-order valence-electron chi connectivity index (χ1n) is 7.95. The SMILES string of the molecule is O=C(NCCN1CCOCC1)C1(c2ccccc2)CCC1. The highest BCUT2D eigenvalue weighted by Crippen LogP contribution is 2.43. The molecular formula is C17H24N2O2. The van der Waals surface area contributed by atoms with Gasteiger partial charge < -0.3 is 10.1 Å². The minimum atomic E-state index is -0.272. The van der Waals surface area contributed by atoms with Crippen LogP contribution in [0.4, 0.5) is 0 Å². The van der Waals surface area contributed by atoms with Gasteiger partial charge >= 0.3 is 0 Å². The highest BCUT2D eigenvalue weighted by atomic mass is 16.5. The number of carbonyl (C=O) groups excluding carboxylic acids is 1. The van der Waals surface area contributed by atoms with Crippen molar-refractivity contribution in [3.8, 4) is 0 Å². The Balaban J connectivity index is 1.54. The van der Waals surface area contributed by atoms with Crippen molar-refractivity contribution >= 4 is 5.91 Å². The van der Waals surface area contributed by atoms with Gasteiger partial charge in [-0.2, -0.15) is 0 Å². The summed E-state index contributed by atoms with van der Waals surface area (Å²) in [6.07, 6.45) is 3.09. The van der Waals surface area contributed by atoms with Crippen LogP contribution in [0.25, 0.3) is 0 Å². The lowest BCUT2D eigenvalue weighted by Crippen LogP contribution is -2.51. The van der Waals surface area contributed by atoms with Crippen molar-refractivity contribution in [2.75, 3.05) is 39.4 Å². The predicted molar refractivity (Wildman–Crippen MR) is 82.2 cm³/mol. The summed E-state index contributed by atoms with van der Waals surface area (Å²) in [5, 5.41) is 3.15. The zero-order valence-electron chi connectivity index (χ0n) is 12.5. The fraction of sp³-hybridized carbons (Fsp3) is 0.588. The average Bonchev–Trinajstić information content (AvgIpc) is 2.48. The molecule has 1 heterocycles. The molecule has 4 heteroatoms. The lowest BCUT2D eigenvalue weighted by Gasteiger charge is -2.41. The van der Waals surface area contributed by atoms with Crippen LogP contribution in [0.1, 0.15) is 24.8 Å². The number of nitrogens with zero attached hydrogens (tertiary/aromatic N) is 1. The fourth-order valence-corrected chi connectivity index (χ4v) is 3.26. The second-order valence-corrected chi connectivity index (χ2v) is 6.01. The summed E-state index contributed by atoms with van der Waals surface area (Å²) in [7, 11) is 0. The van der Waals surface area contributed by atoms with Crippen molar-refractivity contribution in [3.05, 3.63) is 35.9 Å². The Bertz CT molecular complexity index is 465. The third-order valence-electron chi connectivity index (χ3n) is 4.79. The van der Waals surface area contributed by atoms with Crippen LogP contribution in [0, 0.1) is 0 Å². The monoisotopic (exact) mass is 288 g/mol. The number of amides is 1. The highest BCUT2D eigenvalue weighted by molar-refractivity contribution is 5.89. The van der Waals surface area contributed by atoms with Gasteiger partial charge in [0.15, 0.2) is 0 Å². The minimum absolute atomic E-state index is 0.202. The number of carbonyl (C=O) groups is 1. The molecule has 114 valence electrons. The number of benzene rings is 1. The molecule has 0 radical (unpaired) electrons. The Labute approximate surface area is 126 Å². The van der Waals surface area contributed by atoms with Gasteiger partial charge in [0.1, 0.15) is 0 Å². The van der Waals surface area contributed by atoms with Crippen LogP contribution < -0.4 is 5.32 Å². The van der Waals surface area contributed by atoms with E-state index >= 15 is 0 Å². The topological polar surface area (TPSA) is 41.6 Å². The van der Waals surface area contributed by atoms with Gasteiger partial charge in [-0.3, -0.25) is 9.69 Å². The molecule has 1 aromatic carbocycles. The van der Waals surface area contributed by atoms with E-state index in [1.54, 1.807) is 0 Å². The van der Waals surface area contributed by atoms with Crippen molar-refractivity contribution in [2.45, 2.75) is 24.7 Å². The Kier molecular flexibility index (Phi) is 4.56. The molecule has 1 saturated heterocycles. The molecule has 1 N–H and O–H groups in total. The molecular weight excluding hydrogens is 264 g/mol. The normalized spacial score (nSPS) is 21.5. The van der Waals surface area contributed by atoms with E-state index in [1.807, 2.05) is 18.2 Å². The summed E-state index contributed by atoms with van der Waals surface area (Å²) in [6.45, 7) is 5.20. The van der Waals surface area contributed by atoms with Crippen LogP contribution in [0.5, 0.6) is 0 Å². The summed E-state index contributed by atoms with van der Waals surface area (Å²) in [5.74, 6) is 0.202. The predicted octanol–water partition coefficient (Wildman–Crippen LogP) is 1.56. The number of nitrogens with one attached hydrogen (secondary N) is 1. The van der Waals surface area contributed by atoms with Crippen LogP contribution in [0.3, 0.4) is 0 Å². The van der Waals surface area contributed by atoms with Gasteiger partial charge in [0, 0.05) is 26.2 Å². The second kappa shape index (κ2) is 6.58. The third-order valence-corrected chi connectivity index (χ3v) is 4.79. The minimum Gasteiger partial charge on any atom is -0.379 e. The van der Waals surface area contributed by atoms with Gasteiger partial charge in [-0.15, -0.1) is 0 Å². The maximum absolute atomic E-state index is 12.6. The van der Waals surface area contributed by atoms with E-state index in [0.717, 1.165) is 58.7 Å². The van der Waals surface area contributed by atoms with E-state index in [9.17, 15) is 4.79 Å². The van der Waals surface area contributed by atoms with Crippen molar-refractivity contribution in [1.82, 2.24) is 10.2 Å². The molecule has 2 aliphatic rings. The Hall–Kier alpha value is -1.39. The zero-order valence-corrected chi connectivity index (χ0v) is 12.5. The quantitative estimate of drug-likeness (QED) is 0.894. The standard InChI is InChI=1S/C17H24N2O2/c20-16(18-9-10-19-11-13-21-14-12-19)17(7-4-8-17)15-5-2-1-3-6-15/h1-3,5-6H,4,7-14H2,(H,18,20). The van der Waals surface area contributed by atoms with Gasteiger partial charge in [0.2, 0.25) is 5.91 Å². The summed E-state index contributed by atoms with van der Waals surface area (Å²) in [5.41, 5.74) is 0.895. The molecule has 1 aliphatic carbocycles. The molecule has 3 rings (SSSR count). The van der Waals surface area contributed by atoms with E-state index in [0.29, 0.717) is 0 Å². The van der Waals surface area contributed by atoms with E-state index < -0.39 is 0 Å². The number of morpholine rings is 1. The maximum atomic E-state index is 12.6. The zero-order chi connectivity index (χ0) is 14.5. The maximum Gasteiger partial charge on any atom is 0.230 e. The molecule has 0 unspecified atom stereocenters. The van der Waals surface area contributed by atoms with Crippen molar-refractivity contribution in [2.24, 2.45) is 0 Å². The van der Waals surface area contributed by atoms with Gasteiger partial charge in [0.25, 0.3) is 0 Å². The average molecular weight is 288 g/mol. The summed E-state index contributed by atoms with van der Waals surface area (Å²) >= 11 is 0. The Morgan fingerprint density at radius 3 is 2.52 bits per heavy atom. The summed E-state index contributed by atoms with van der Waals surface area (Å²) < 4.78 is 5.34. The fourth-order valence-electron chi connectivity index (χ4n) is 3.26. The summed E-state index contributed by atoms with van der Waals surface area (Å²) in [4.78, 5) is 15.0. The molecule has 0 atom stereocenters. The smallest absolute Gasteiger partial charge is 0.230 e. The summed E-state index contributed by atoms with van der Waals surface area (Å²) in [6, 6.07) is 10.2. The van der Waals surface area contributed by atoms with Crippen molar-refractivity contribution < 1.29 is 9.53 Å². The number of hydrogen-bond acceptors (Lipinski definition) is 3. The molecule has 1 aromatic rings. The van der Waals surface area contributed by atoms with Crippen LogP contribution in [0.2, 0.25) is 0 Å². The van der Waals surface area contributed by atoms with Crippen LogP contribution in [-0.4, -0.2) is 50.2 Å². The van der Waals surface area contributed by atoms with E-state index in [4.69, 9.17) is 4.74 Å². The molecule has 1 amide bonds. The first-order chi connectivity index (χ1) is 10.3. The number of ether oxygens (including phenoxy) is 1. The highest BCUT2D eigenvalue weighted by Gasteiger charge is 2.45. The lowest BCUT2D eigenvalue weighted by atomic mass is 9.64. The third kappa shape index (κ3) is 3.11. The van der Waals surface area contributed by atoms with Crippen molar-refractivity contribution in [3.63, 3.8) is 0 Å². The van der Waals surface area contributed by atoms with Crippen LogP contribution in [-0.2, 0) is 14.9 Å². The lowest BCUT2D eigenvalue weighted by molar-refractivity contribution is -0.130. The largest absolute Gasteiger partial charge is 0.379 e. The van der Waals surface area contributed by atoms with Gasteiger partial charge in [-0.05, 0) is 18.4 Å². The van der Waals surface area contributed by atoms with Crippen LogP contribution >= 0.6 is 0 Å². The molecule has 1 aliphatic heterocycles. The molecule has 21 heavy (non-hydrogen) atoms. The van der Waals surface area contributed by atoms with Gasteiger partial charge in [0.05, 0.1) is 18.6 Å². The Morgan fingerprint density at radius 2 is 1.90 bits per heavy atom. The molecule has 0 spiro atoms.